The largest absolute Gasteiger partial charge is 0.378 e. The van der Waals surface area contributed by atoms with Gasteiger partial charge in [0.1, 0.15) is 0 Å². The molecule has 25 heavy (non-hydrogen) atoms. The second-order valence-electron chi connectivity index (χ2n) is 6.84. The zero-order valence-corrected chi connectivity index (χ0v) is 18.7. The summed E-state index contributed by atoms with van der Waals surface area (Å²) in [7, 11) is -1.41. The molecular formula is C16H33IN4O3S. The van der Waals surface area contributed by atoms with Gasteiger partial charge in [0.05, 0.1) is 12.4 Å². The summed E-state index contributed by atoms with van der Waals surface area (Å²) in [6.07, 6.45) is 8.80. The Morgan fingerprint density at radius 3 is 2.48 bits per heavy atom. The average Bonchev–Trinajstić information content (AvgIpc) is 2.55. The molecule has 0 aromatic rings. The normalized spacial score (nSPS) is 25.8. The van der Waals surface area contributed by atoms with Crippen LogP contribution in [0, 0.1) is 5.41 Å². The van der Waals surface area contributed by atoms with Crippen molar-refractivity contribution in [3.8, 4) is 0 Å². The van der Waals surface area contributed by atoms with E-state index in [-0.39, 0.29) is 29.4 Å². The highest BCUT2D eigenvalue weighted by Gasteiger charge is 2.55. The van der Waals surface area contributed by atoms with Crippen molar-refractivity contribution in [3.05, 3.63) is 0 Å². The summed E-state index contributed by atoms with van der Waals surface area (Å²) in [5.74, 6) is 0.732. The minimum absolute atomic E-state index is 0. The van der Waals surface area contributed by atoms with Crippen LogP contribution in [-0.4, -0.2) is 59.5 Å². The average molecular weight is 488 g/mol. The van der Waals surface area contributed by atoms with E-state index in [1.165, 1.54) is 32.1 Å². The molecule has 7 nitrogen and oxygen atoms in total. The van der Waals surface area contributed by atoms with E-state index in [1.54, 1.807) is 7.05 Å². The standard InChI is InChI=1S/C16H32N4O3S.HI/c1-4-23-14-12-13(16(14)8-6-5-7-9-16)20-15(17-2)18-10-11-19-24(3,21)22;/h13-14,19H,4-12H2,1-3H3,(H2,17,18,20);1H. The van der Waals surface area contributed by atoms with Gasteiger partial charge in [-0.25, -0.2) is 13.1 Å². The molecule has 2 saturated carbocycles. The predicted molar refractivity (Wildman–Crippen MR) is 112 cm³/mol. The van der Waals surface area contributed by atoms with Gasteiger partial charge in [0.15, 0.2) is 5.96 Å². The number of rotatable bonds is 7. The van der Waals surface area contributed by atoms with Gasteiger partial charge in [-0.1, -0.05) is 19.3 Å². The van der Waals surface area contributed by atoms with E-state index >= 15 is 0 Å². The minimum atomic E-state index is -3.15. The number of hydrogen-bond donors (Lipinski definition) is 3. The molecule has 2 aliphatic carbocycles. The number of guanidine groups is 1. The highest BCUT2D eigenvalue weighted by molar-refractivity contribution is 14.0. The van der Waals surface area contributed by atoms with Crippen LogP contribution in [0.1, 0.15) is 45.4 Å². The lowest BCUT2D eigenvalue weighted by atomic mass is 9.55. The molecule has 0 radical (unpaired) electrons. The lowest BCUT2D eigenvalue weighted by Crippen LogP contribution is -2.66. The Labute approximate surface area is 169 Å². The topological polar surface area (TPSA) is 91.8 Å². The fraction of sp³-hybridized carbons (Fsp3) is 0.938. The fourth-order valence-electron chi connectivity index (χ4n) is 4.04. The number of sulfonamides is 1. The van der Waals surface area contributed by atoms with Crippen molar-refractivity contribution in [2.45, 2.75) is 57.6 Å². The molecule has 1 spiro atoms. The van der Waals surface area contributed by atoms with Crippen LogP contribution in [0.2, 0.25) is 0 Å². The number of hydrogen-bond acceptors (Lipinski definition) is 4. The molecule has 0 heterocycles. The van der Waals surface area contributed by atoms with Gasteiger partial charge in [0, 0.05) is 38.2 Å². The first-order chi connectivity index (χ1) is 11.4. The quantitative estimate of drug-likeness (QED) is 0.218. The zero-order valence-electron chi connectivity index (χ0n) is 15.5. The SMILES string of the molecule is CCOC1CC(NC(=NC)NCCNS(C)(=O)=O)C12CCCCC2.I. The molecule has 3 N–H and O–H groups in total. The number of ether oxygens (including phenoxy) is 1. The Bertz CT molecular complexity index is 535. The van der Waals surface area contributed by atoms with E-state index in [4.69, 9.17) is 4.74 Å². The van der Waals surface area contributed by atoms with Crippen molar-refractivity contribution in [2.24, 2.45) is 10.4 Å². The first-order valence-corrected chi connectivity index (χ1v) is 10.8. The number of halogens is 1. The summed E-state index contributed by atoms with van der Waals surface area (Å²) in [6.45, 7) is 3.67. The molecule has 148 valence electrons. The van der Waals surface area contributed by atoms with Crippen LogP contribution in [0.5, 0.6) is 0 Å². The highest BCUT2D eigenvalue weighted by Crippen LogP contribution is 2.53. The van der Waals surface area contributed by atoms with Gasteiger partial charge in [-0.05, 0) is 26.2 Å². The van der Waals surface area contributed by atoms with E-state index in [2.05, 4.69) is 27.3 Å². The van der Waals surface area contributed by atoms with Gasteiger partial charge in [0.2, 0.25) is 10.0 Å². The summed E-state index contributed by atoms with van der Waals surface area (Å²) in [4.78, 5) is 4.27. The van der Waals surface area contributed by atoms with Gasteiger partial charge in [-0.2, -0.15) is 0 Å². The number of nitrogens with zero attached hydrogens (tertiary/aromatic N) is 1. The van der Waals surface area contributed by atoms with Crippen molar-refractivity contribution in [3.63, 3.8) is 0 Å². The van der Waals surface area contributed by atoms with E-state index in [0.717, 1.165) is 25.2 Å². The third kappa shape index (κ3) is 6.21. The third-order valence-corrected chi connectivity index (χ3v) is 5.98. The molecule has 0 aromatic heterocycles. The maximum Gasteiger partial charge on any atom is 0.208 e. The molecule has 2 fully saturated rings. The Balaban J connectivity index is 0.00000312. The van der Waals surface area contributed by atoms with Gasteiger partial charge in [0.25, 0.3) is 0 Å². The van der Waals surface area contributed by atoms with E-state index in [1.807, 2.05) is 0 Å². The second-order valence-corrected chi connectivity index (χ2v) is 8.67. The fourth-order valence-corrected chi connectivity index (χ4v) is 4.52. The van der Waals surface area contributed by atoms with Gasteiger partial charge in [-0.3, -0.25) is 4.99 Å². The molecule has 0 amide bonds. The van der Waals surface area contributed by atoms with E-state index in [9.17, 15) is 8.42 Å². The van der Waals surface area contributed by atoms with Crippen LogP contribution in [0.15, 0.2) is 4.99 Å². The first-order valence-electron chi connectivity index (χ1n) is 8.94. The summed E-state index contributed by atoms with van der Waals surface area (Å²) in [5.41, 5.74) is 0.233. The molecule has 2 unspecified atom stereocenters. The maximum atomic E-state index is 11.1. The summed E-state index contributed by atoms with van der Waals surface area (Å²) < 4.78 is 30.6. The number of nitrogens with one attached hydrogen (secondary N) is 3. The van der Waals surface area contributed by atoms with Crippen LogP contribution in [-0.2, 0) is 14.8 Å². The molecule has 9 heteroatoms. The molecular weight excluding hydrogens is 455 g/mol. The Kier molecular flexibility index (Phi) is 9.41. The van der Waals surface area contributed by atoms with E-state index < -0.39 is 10.0 Å². The molecule has 2 atom stereocenters. The summed E-state index contributed by atoms with van der Waals surface area (Å²) >= 11 is 0. The number of aliphatic imine (C=N–C) groups is 1. The van der Waals surface area contributed by atoms with Crippen LogP contribution in [0.4, 0.5) is 0 Å². The predicted octanol–water partition coefficient (Wildman–Crippen LogP) is 1.45. The Morgan fingerprint density at radius 1 is 1.24 bits per heavy atom. The van der Waals surface area contributed by atoms with E-state index in [0.29, 0.717) is 25.2 Å². The van der Waals surface area contributed by atoms with Crippen LogP contribution in [0.25, 0.3) is 0 Å². The Morgan fingerprint density at radius 2 is 1.92 bits per heavy atom. The summed E-state index contributed by atoms with van der Waals surface area (Å²) in [5, 5.41) is 6.71. The molecule has 0 saturated heterocycles. The highest BCUT2D eigenvalue weighted by atomic mass is 127. The van der Waals surface area contributed by atoms with Crippen LogP contribution in [0.3, 0.4) is 0 Å². The molecule has 0 aliphatic heterocycles. The van der Waals surface area contributed by atoms with Gasteiger partial charge < -0.3 is 15.4 Å². The second kappa shape index (κ2) is 10.3. The third-order valence-electron chi connectivity index (χ3n) is 5.25. The minimum Gasteiger partial charge on any atom is -0.378 e. The monoisotopic (exact) mass is 488 g/mol. The zero-order chi connectivity index (χ0) is 17.6. The molecule has 0 bridgehead atoms. The van der Waals surface area contributed by atoms with Crippen LogP contribution >= 0.6 is 24.0 Å². The van der Waals surface area contributed by atoms with Crippen molar-refractivity contribution < 1.29 is 13.2 Å². The lowest BCUT2D eigenvalue weighted by molar-refractivity contribution is -0.145. The smallest absolute Gasteiger partial charge is 0.208 e. The van der Waals surface area contributed by atoms with Crippen molar-refractivity contribution in [1.29, 1.82) is 0 Å². The summed E-state index contributed by atoms with van der Waals surface area (Å²) in [6, 6.07) is 0.378. The van der Waals surface area contributed by atoms with Crippen LogP contribution < -0.4 is 15.4 Å². The van der Waals surface area contributed by atoms with Crippen molar-refractivity contribution >= 4 is 40.0 Å². The molecule has 2 rings (SSSR count). The maximum absolute atomic E-state index is 11.1. The molecule has 0 aromatic carbocycles. The van der Waals surface area contributed by atoms with Gasteiger partial charge >= 0.3 is 0 Å². The van der Waals surface area contributed by atoms with Crippen molar-refractivity contribution in [1.82, 2.24) is 15.4 Å². The van der Waals surface area contributed by atoms with Crippen molar-refractivity contribution in [2.75, 3.05) is 33.0 Å². The lowest BCUT2D eigenvalue weighted by Gasteiger charge is -2.57. The molecule has 2 aliphatic rings. The van der Waals surface area contributed by atoms with Gasteiger partial charge in [-0.15, -0.1) is 24.0 Å². The Hall–Kier alpha value is -0.130. The first kappa shape index (κ1) is 22.9.